The molecule has 0 aliphatic carbocycles. The van der Waals surface area contributed by atoms with Gasteiger partial charge in [-0.05, 0) is 43.3 Å². The van der Waals surface area contributed by atoms with Crippen molar-refractivity contribution in [3.05, 3.63) is 28.4 Å². The maximum Gasteiger partial charge on any atom is 0.194 e. The van der Waals surface area contributed by atoms with Crippen molar-refractivity contribution in [2.45, 2.75) is 33.6 Å². The number of rotatable bonds is 7. The van der Waals surface area contributed by atoms with E-state index in [1.807, 2.05) is 6.20 Å². The lowest BCUT2D eigenvalue weighted by Gasteiger charge is -2.05. The van der Waals surface area contributed by atoms with Gasteiger partial charge in [0.05, 0.1) is 6.20 Å². The van der Waals surface area contributed by atoms with Gasteiger partial charge in [-0.15, -0.1) is 0 Å². The molecule has 0 aromatic carbocycles. The fraction of sp³-hybridized carbons (Fsp3) is 0.533. The quantitative estimate of drug-likeness (QED) is 0.781. The van der Waals surface area contributed by atoms with Gasteiger partial charge in [0.1, 0.15) is 0 Å². The molecular formula is C15H22N2OS. The minimum atomic E-state index is 0.704. The van der Waals surface area contributed by atoms with Gasteiger partial charge in [-0.25, -0.2) is 4.98 Å². The second kappa shape index (κ2) is 6.87. The molecular weight excluding hydrogens is 256 g/mol. The van der Waals surface area contributed by atoms with Crippen LogP contribution in [0, 0.1) is 12.8 Å². The van der Waals surface area contributed by atoms with E-state index in [1.54, 1.807) is 11.3 Å². The van der Waals surface area contributed by atoms with Crippen molar-refractivity contribution in [2.24, 2.45) is 5.92 Å². The van der Waals surface area contributed by atoms with Crippen molar-refractivity contribution in [1.82, 2.24) is 10.3 Å². The summed E-state index contributed by atoms with van der Waals surface area (Å²) in [5.74, 6) is 2.44. The molecule has 2 heterocycles. The second-order valence-electron chi connectivity index (χ2n) is 5.29. The van der Waals surface area contributed by atoms with Crippen LogP contribution in [0.5, 0.6) is 0 Å². The summed E-state index contributed by atoms with van der Waals surface area (Å²) in [5, 5.41) is 7.68. The van der Waals surface area contributed by atoms with Gasteiger partial charge < -0.3 is 9.73 Å². The summed E-state index contributed by atoms with van der Waals surface area (Å²) in [6.45, 7) is 8.63. The minimum Gasteiger partial charge on any atom is -0.441 e. The van der Waals surface area contributed by atoms with Crippen molar-refractivity contribution in [1.29, 1.82) is 0 Å². The average Bonchev–Trinajstić information content (AvgIpc) is 2.97. The van der Waals surface area contributed by atoms with Crippen LogP contribution < -0.4 is 5.32 Å². The molecule has 2 rings (SSSR count). The summed E-state index contributed by atoms with van der Waals surface area (Å²) in [6, 6.07) is 0. The van der Waals surface area contributed by atoms with Crippen LogP contribution in [0.3, 0.4) is 0 Å². The summed E-state index contributed by atoms with van der Waals surface area (Å²) in [6.07, 6.45) is 3.80. The third-order valence-electron chi connectivity index (χ3n) is 2.97. The first-order valence-electron chi connectivity index (χ1n) is 6.85. The van der Waals surface area contributed by atoms with Gasteiger partial charge in [0.25, 0.3) is 0 Å². The Morgan fingerprint density at radius 2 is 2.21 bits per heavy atom. The number of oxazole rings is 1. The summed E-state index contributed by atoms with van der Waals surface area (Å²) in [5.41, 5.74) is 2.42. The Balaban J connectivity index is 1.80. The standard InChI is InChI=1S/C15H22N2OS/c1-11(2)7-16-6-4-5-15-17-8-14(18-15)13-10-19-9-12(13)3/h8-11,16H,4-7H2,1-3H3. The molecule has 3 nitrogen and oxygen atoms in total. The van der Waals surface area contributed by atoms with Crippen molar-refractivity contribution < 1.29 is 4.42 Å². The smallest absolute Gasteiger partial charge is 0.194 e. The van der Waals surface area contributed by atoms with Crippen molar-refractivity contribution in [2.75, 3.05) is 13.1 Å². The number of hydrogen-bond acceptors (Lipinski definition) is 4. The minimum absolute atomic E-state index is 0.704. The zero-order valence-corrected chi connectivity index (χ0v) is 12.7. The van der Waals surface area contributed by atoms with E-state index in [0.717, 1.165) is 37.6 Å². The molecule has 19 heavy (non-hydrogen) atoms. The van der Waals surface area contributed by atoms with Gasteiger partial charge in [0, 0.05) is 17.4 Å². The van der Waals surface area contributed by atoms with Gasteiger partial charge in [-0.2, -0.15) is 11.3 Å². The molecule has 4 heteroatoms. The van der Waals surface area contributed by atoms with E-state index in [0.29, 0.717) is 5.92 Å². The number of hydrogen-bond donors (Lipinski definition) is 1. The van der Waals surface area contributed by atoms with E-state index in [2.05, 4.69) is 41.8 Å². The van der Waals surface area contributed by atoms with Crippen LogP contribution in [0.2, 0.25) is 0 Å². The lowest BCUT2D eigenvalue weighted by molar-refractivity contribution is 0.483. The van der Waals surface area contributed by atoms with Gasteiger partial charge in [0.2, 0.25) is 0 Å². The number of aryl methyl sites for hydroxylation is 2. The van der Waals surface area contributed by atoms with E-state index < -0.39 is 0 Å². The lowest BCUT2D eigenvalue weighted by atomic mass is 10.2. The monoisotopic (exact) mass is 278 g/mol. The third kappa shape index (κ3) is 4.18. The Kier molecular flexibility index (Phi) is 5.16. The molecule has 0 fully saturated rings. The molecule has 0 bridgehead atoms. The molecule has 0 aliphatic heterocycles. The highest BCUT2D eigenvalue weighted by Gasteiger charge is 2.09. The second-order valence-corrected chi connectivity index (χ2v) is 6.03. The predicted molar refractivity (Wildman–Crippen MR) is 80.6 cm³/mol. The maximum absolute atomic E-state index is 5.80. The Labute approximate surface area is 119 Å². The normalized spacial score (nSPS) is 11.4. The van der Waals surface area contributed by atoms with Crippen LogP contribution >= 0.6 is 11.3 Å². The first-order valence-corrected chi connectivity index (χ1v) is 7.79. The van der Waals surface area contributed by atoms with Gasteiger partial charge in [-0.3, -0.25) is 0 Å². The Morgan fingerprint density at radius 1 is 1.37 bits per heavy atom. The van der Waals surface area contributed by atoms with E-state index >= 15 is 0 Å². The van der Waals surface area contributed by atoms with Crippen LogP contribution in [-0.2, 0) is 6.42 Å². The zero-order valence-electron chi connectivity index (χ0n) is 11.9. The molecule has 0 amide bonds. The summed E-state index contributed by atoms with van der Waals surface area (Å²) in [7, 11) is 0. The maximum atomic E-state index is 5.80. The molecule has 1 N–H and O–H groups in total. The van der Waals surface area contributed by atoms with Crippen LogP contribution in [0.15, 0.2) is 21.4 Å². The molecule has 0 radical (unpaired) electrons. The van der Waals surface area contributed by atoms with Crippen LogP contribution in [0.4, 0.5) is 0 Å². The fourth-order valence-electron chi connectivity index (χ4n) is 1.92. The van der Waals surface area contributed by atoms with Crippen molar-refractivity contribution >= 4 is 11.3 Å². The number of thiophene rings is 1. The van der Waals surface area contributed by atoms with Gasteiger partial charge >= 0.3 is 0 Å². The molecule has 0 atom stereocenters. The first kappa shape index (κ1) is 14.3. The van der Waals surface area contributed by atoms with E-state index in [4.69, 9.17) is 4.42 Å². The highest BCUT2D eigenvalue weighted by Crippen LogP contribution is 2.27. The van der Waals surface area contributed by atoms with E-state index in [-0.39, 0.29) is 0 Å². The Bertz CT molecular complexity index is 502. The van der Waals surface area contributed by atoms with Crippen LogP contribution in [0.25, 0.3) is 11.3 Å². The lowest BCUT2D eigenvalue weighted by Crippen LogP contribution is -2.21. The Morgan fingerprint density at radius 3 is 2.89 bits per heavy atom. The Hall–Kier alpha value is -1.13. The van der Waals surface area contributed by atoms with Crippen molar-refractivity contribution in [3.63, 3.8) is 0 Å². The topological polar surface area (TPSA) is 38.1 Å². The van der Waals surface area contributed by atoms with Gasteiger partial charge in [0.15, 0.2) is 11.7 Å². The number of nitrogens with one attached hydrogen (secondary N) is 1. The SMILES string of the molecule is Cc1cscc1-c1cnc(CCCNCC(C)C)o1. The zero-order chi connectivity index (χ0) is 13.7. The summed E-state index contributed by atoms with van der Waals surface area (Å²) < 4.78 is 5.80. The highest BCUT2D eigenvalue weighted by molar-refractivity contribution is 7.08. The largest absolute Gasteiger partial charge is 0.441 e. The molecule has 104 valence electrons. The number of nitrogens with zero attached hydrogens (tertiary/aromatic N) is 1. The van der Waals surface area contributed by atoms with Crippen LogP contribution in [0.1, 0.15) is 31.7 Å². The molecule has 0 aliphatic rings. The molecule has 0 spiro atoms. The molecule has 0 unspecified atom stereocenters. The summed E-state index contributed by atoms with van der Waals surface area (Å²) >= 11 is 1.70. The molecule has 2 aromatic rings. The molecule has 0 saturated carbocycles. The van der Waals surface area contributed by atoms with Gasteiger partial charge in [-0.1, -0.05) is 13.8 Å². The average molecular weight is 278 g/mol. The predicted octanol–water partition coefficient (Wildman–Crippen LogP) is 3.89. The molecule has 0 saturated heterocycles. The summed E-state index contributed by atoms with van der Waals surface area (Å²) in [4.78, 5) is 4.36. The van der Waals surface area contributed by atoms with Crippen molar-refractivity contribution in [3.8, 4) is 11.3 Å². The number of aromatic nitrogens is 1. The molecule has 2 aromatic heterocycles. The van der Waals surface area contributed by atoms with E-state index in [1.165, 1.54) is 11.1 Å². The third-order valence-corrected chi connectivity index (χ3v) is 3.83. The highest BCUT2D eigenvalue weighted by atomic mass is 32.1. The first-order chi connectivity index (χ1) is 9.16. The fourth-order valence-corrected chi connectivity index (χ4v) is 2.76. The van der Waals surface area contributed by atoms with E-state index in [9.17, 15) is 0 Å². The van der Waals surface area contributed by atoms with Crippen LogP contribution in [-0.4, -0.2) is 18.1 Å².